The molecule has 1 aliphatic heterocycles. The van der Waals surface area contributed by atoms with E-state index in [9.17, 15) is 19.5 Å². The Morgan fingerprint density at radius 3 is 2.69 bits per heavy atom. The van der Waals surface area contributed by atoms with E-state index in [1.165, 1.54) is 18.2 Å². The maximum Gasteiger partial charge on any atom is 0.229 e. The smallest absolute Gasteiger partial charge is 0.229 e. The number of hydrogen-bond donors (Lipinski definition) is 1. The molecule has 1 N–H and O–H groups in total. The van der Waals surface area contributed by atoms with Crippen LogP contribution in [-0.4, -0.2) is 31.4 Å². The standard InChI is InChI=1S/C19H18N2O5/c1-26-16-7-3-6-15(10-16)21-11-13(9-17(21)22)18(23)20-14-5-2-4-12(8-14)19(24)25/h2-8,10,13H,9,11H2,1H3,(H,20,23)(H,24,25)/p-1/t13-/m0/s1. The number of amides is 2. The van der Waals surface area contributed by atoms with Crippen LogP contribution in [-0.2, 0) is 9.59 Å². The lowest BCUT2D eigenvalue weighted by Crippen LogP contribution is -2.28. The highest BCUT2D eigenvalue weighted by Gasteiger charge is 2.35. The average molecular weight is 353 g/mol. The molecule has 3 rings (SSSR count). The van der Waals surface area contributed by atoms with Gasteiger partial charge in [-0.05, 0) is 29.8 Å². The molecule has 7 heteroatoms. The summed E-state index contributed by atoms with van der Waals surface area (Å²) >= 11 is 0. The Hall–Kier alpha value is -3.35. The van der Waals surface area contributed by atoms with Gasteiger partial charge in [-0.25, -0.2) is 0 Å². The molecule has 2 aromatic carbocycles. The third-order valence-corrected chi connectivity index (χ3v) is 4.23. The Labute approximate surface area is 150 Å². The summed E-state index contributed by atoms with van der Waals surface area (Å²) in [6, 6.07) is 12.9. The number of nitrogens with zero attached hydrogens (tertiary/aromatic N) is 1. The summed E-state index contributed by atoms with van der Waals surface area (Å²) in [7, 11) is 1.54. The molecule has 1 saturated heterocycles. The number of methoxy groups -OCH3 is 1. The third kappa shape index (κ3) is 3.66. The van der Waals surface area contributed by atoms with Crippen molar-refractivity contribution in [3.63, 3.8) is 0 Å². The molecule has 1 fully saturated rings. The van der Waals surface area contributed by atoms with E-state index in [4.69, 9.17) is 4.74 Å². The monoisotopic (exact) mass is 353 g/mol. The van der Waals surface area contributed by atoms with E-state index in [0.29, 0.717) is 17.1 Å². The number of benzene rings is 2. The molecule has 1 atom stereocenters. The fraction of sp³-hybridized carbons (Fsp3) is 0.211. The number of hydrogen-bond acceptors (Lipinski definition) is 5. The van der Waals surface area contributed by atoms with Crippen LogP contribution in [0.3, 0.4) is 0 Å². The van der Waals surface area contributed by atoms with E-state index in [1.807, 2.05) is 0 Å². The predicted molar refractivity (Wildman–Crippen MR) is 92.9 cm³/mol. The highest BCUT2D eigenvalue weighted by molar-refractivity contribution is 6.03. The number of ether oxygens (including phenoxy) is 1. The van der Waals surface area contributed by atoms with Crippen LogP contribution in [0.15, 0.2) is 48.5 Å². The van der Waals surface area contributed by atoms with Gasteiger partial charge in [-0.1, -0.05) is 18.2 Å². The lowest BCUT2D eigenvalue weighted by Gasteiger charge is -2.17. The zero-order valence-corrected chi connectivity index (χ0v) is 14.1. The number of carbonyl (C=O) groups is 3. The molecule has 26 heavy (non-hydrogen) atoms. The number of nitrogens with one attached hydrogen (secondary N) is 1. The normalized spacial score (nSPS) is 16.4. The fourth-order valence-electron chi connectivity index (χ4n) is 2.88. The van der Waals surface area contributed by atoms with Crippen LogP contribution >= 0.6 is 0 Å². The minimum absolute atomic E-state index is 0.0247. The number of carboxylic acid groups (broad SMARTS) is 1. The van der Waals surface area contributed by atoms with Crippen molar-refractivity contribution < 1.29 is 24.2 Å². The van der Waals surface area contributed by atoms with Crippen LogP contribution in [0.2, 0.25) is 0 Å². The molecule has 0 saturated carbocycles. The Balaban J connectivity index is 1.71. The van der Waals surface area contributed by atoms with E-state index < -0.39 is 11.9 Å². The molecule has 0 spiro atoms. The molecular formula is C19H17N2O5-. The summed E-state index contributed by atoms with van der Waals surface area (Å²) in [6.07, 6.45) is 0.0865. The first-order valence-electron chi connectivity index (χ1n) is 8.04. The van der Waals surface area contributed by atoms with Crippen molar-refractivity contribution in [2.24, 2.45) is 5.92 Å². The number of aromatic carboxylic acids is 1. The van der Waals surface area contributed by atoms with Gasteiger partial charge in [0.2, 0.25) is 11.8 Å². The molecule has 7 nitrogen and oxygen atoms in total. The molecule has 0 aliphatic carbocycles. The largest absolute Gasteiger partial charge is 0.545 e. The van der Waals surface area contributed by atoms with Gasteiger partial charge in [-0.2, -0.15) is 0 Å². The van der Waals surface area contributed by atoms with Crippen LogP contribution in [0.5, 0.6) is 5.75 Å². The van der Waals surface area contributed by atoms with Gasteiger partial charge < -0.3 is 24.9 Å². The minimum atomic E-state index is -1.32. The molecule has 0 unspecified atom stereocenters. The zero-order chi connectivity index (χ0) is 18.7. The first-order chi connectivity index (χ1) is 12.5. The van der Waals surface area contributed by atoms with E-state index >= 15 is 0 Å². The molecule has 0 radical (unpaired) electrons. The zero-order valence-electron chi connectivity index (χ0n) is 14.1. The van der Waals surface area contributed by atoms with Crippen molar-refractivity contribution in [1.29, 1.82) is 0 Å². The van der Waals surface area contributed by atoms with Crippen molar-refractivity contribution >= 4 is 29.2 Å². The lowest BCUT2D eigenvalue weighted by molar-refractivity contribution is -0.255. The van der Waals surface area contributed by atoms with Gasteiger partial charge in [0.25, 0.3) is 0 Å². The van der Waals surface area contributed by atoms with Crippen molar-refractivity contribution in [3.8, 4) is 5.75 Å². The third-order valence-electron chi connectivity index (χ3n) is 4.23. The van der Waals surface area contributed by atoms with Crippen LogP contribution in [0.25, 0.3) is 0 Å². The Kier molecular flexibility index (Phi) is 4.88. The topological polar surface area (TPSA) is 98.8 Å². The summed E-state index contributed by atoms with van der Waals surface area (Å²) in [5, 5.41) is 13.6. The molecule has 0 bridgehead atoms. The number of anilines is 2. The van der Waals surface area contributed by atoms with Gasteiger partial charge in [-0.15, -0.1) is 0 Å². The van der Waals surface area contributed by atoms with E-state index in [0.717, 1.165) is 0 Å². The highest BCUT2D eigenvalue weighted by atomic mass is 16.5. The molecule has 2 amide bonds. The van der Waals surface area contributed by atoms with Gasteiger partial charge >= 0.3 is 0 Å². The van der Waals surface area contributed by atoms with Gasteiger partial charge in [0.1, 0.15) is 5.75 Å². The molecular weight excluding hydrogens is 336 g/mol. The SMILES string of the molecule is COc1cccc(N2C[C@@H](C(=O)Nc3cccc(C(=O)[O-])c3)CC2=O)c1. The van der Waals surface area contributed by atoms with Crippen molar-refractivity contribution in [1.82, 2.24) is 0 Å². The molecule has 134 valence electrons. The quantitative estimate of drug-likeness (QED) is 0.866. The van der Waals surface area contributed by atoms with Crippen molar-refractivity contribution in [3.05, 3.63) is 54.1 Å². The molecule has 2 aromatic rings. The predicted octanol–water partition coefficient (Wildman–Crippen LogP) is 1.05. The molecule has 0 aromatic heterocycles. The summed E-state index contributed by atoms with van der Waals surface area (Å²) in [5.41, 5.74) is 0.996. The Morgan fingerprint density at radius 1 is 1.19 bits per heavy atom. The first kappa shape index (κ1) is 17.5. The summed E-state index contributed by atoms with van der Waals surface area (Å²) in [5.74, 6) is -1.70. The number of rotatable bonds is 5. The van der Waals surface area contributed by atoms with Gasteiger partial charge in [0.05, 0.1) is 19.0 Å². The van der Waals surface area contributed by atoms with Crippen LogP contribution < -0.4 is 20.1 Å². The number of carbonyl (C=O) groups excluding carboxylic acids is 3. The Bertz CT molecular complexity index is 865. The summed E-state index contributed by atoms with van der Waals surface area (Å²) in [6.45, 7) is 0.248. The second-order valence-corrected chi connectivity index (χ2v) is 5.96. The van der Waals surface area contributed by atoms with Crippen LogP contribution in [0, 0.1) is 5.92 Å². The maximum absolute atomic E-state index is 12.5. The molecule has 1 aliphatic rings. The summed E-state index contributed by atoms with van der Waals surface area (Å²) in [4.78, 5) is 37.2. The van der Waals surface area contributed by atoms with E-state index in [2.05, 4.69) is 5.32 Å². The van der Waals surface area contributed by atoms with E-state index in [-0.39, 0.29) is 30.3 Å². The van der Waals surface area contributed by atoms with Crippen LogP contribution in [0.1, 0.15) is 16.8 Å². The van der Waals surface area contributed by atoms with Gasteiger partial charge in [0, 0.05) is 30.4 Å². The van der Waals surface area contributed by atoms with Crippen molar-refractivity contribution in [2.75, 3.05) is 23.9 Å². The lowest BCUT2D eigenvalue weighted by atomic mass is 10.1. The Morgan fingerprint density at radius 2 is 1.96 bits per heavy atom. The van der Waals surface area contributed by atoms with Crippen molar-refractivity contribution in [2.45, 2.75) is 6.42 Å². The fourth-order valence-corrected chi connectivity index (χ4v) is 2.88. The number of carboxylic acids is 1. The summed E-state index contributed by atoms with van der Waals surface area (Å²) < 4.78 is 5.16. The average Bonchev–Trinajstić information content (AvgIpc) is 3.04. The van der Waals surface area contributed by atoms with E-state index in [1.54, 1.807) is 42.3 Å². The van der Waals surface area contributed by atoms with Gasteiger partial charge in [-0.3, -0.25) is 9.59 Å². The van der Waals surface area contributed by atoms with Crippen LogP contribution in [0.4, 0.5) is 11.4 Å². The highest BCUT2D eigenvalue weighted by Crippen LogP contribution is 2.28. The maximum atomic E-state index is 12.5. The van der Waals surface area contributed by atoms with Gasteiger partial charge in [0.15, 0.2) is 0 Å². The molecule has 1 heterocycles. The second-order valence-electron chi connectivity index (χ2n) is 5.96. The second kappa shape index (κ2) is 7.26. The minimum Gasteiger partial charge on any atom is -0.545 e. The first-order valence-corrected chi connectivity index (χ1v) is 8.04.